The smallest absolute Gasteiger partial charge is 0.336 e. The first-order valence-corrected chi connectivity index (χ1v) is 5.81. The number of carbonyl (C=O) groups is 1. The van der Waals surface area contributed by atoms with Gasteiger partial charge in [0.25, 0.3) is 0 Å². The van der Waals surface area contributed by atoms with Crippen LogP contribution < -0.4 is 0 Å². The maximum absolute atomic E-state index is 11.2. The van der Waals surface area contributed by atoms with Gasteiger partial charge in [0.15, 0.2) is 5.82 Å². The molecule has 1 N–H and O–H groups in total. The molecule has 6 nitrogen and oxygen atoms in total. The van der Waals surface area contributed by atoms with Gasteiger partial charge in [-0.15, -0.1) is 10.2 Å². The van der Waals surface area contributed by atoms with Crippen molar-refractivity contribution in [2.45, 2.75) is 6.54 Å². The summed E-state index contributed by atoms with van der Waals surface area (Å²) in [5.41, 5.74) is 1.19. The van der Waals surface area contributed by atoms with Crippen LogP contribution in [0.5, 0.6) is 0 Å². The molecule has 0 unspecified atom stereocenters. The highest BCUT2D eigenvalue weighted by atomic mass is 16.4. The summed E-state index contributed by atoms with van der Waals surface area (Å²) in [5, 5.41) is 17.8. The first-order valence-electron chi connectivity index (χ1n) is 5.81. The number of carboxylic acids is 1. The van der Waals surface area contributed by atoms with Crippen LogP contribution in [0.4, 0.5) is 0 Å². The Balaban J connectivity index is 2.09. The van der Waals surface area contributed by atoms with Crippen molar-refractivity contribution in [2.24, 2.45) is 7.05 Å². The van der Waals surface area contributed by atoms with Gasteiger partial charge in [0.05, 0.1) is 12.1 Å². The monoisotopic (exact) mass is 256 g/mol. The average molecular weight is 256 g/mol. The number of aryl methyl sites for hydroxylation is 1. The first-order chi connectivity index (χ1) is 9.16. The molecule has 2 heterocycles. The van der Waals surface area contributed by atoms with E-state index in [1.54, 1.807) is 18.5 Å². The number of carboxylic acid groups (broad SMARTS) is 1. The second-order valence-electron chi connectivity index (χ2n) is 4.35. The average Bonchev–Trinajstić information content (AvgIpc) is 2.97. The zero-order valence-corrected chi connectivity index (χ0v) is 10.3. The molecule has 0 aliphatic carbocycles. The molecule has 0 amide bonds. The lowest BCUT2D eigenvalue weighted by molar-refractivity contribution is 0.0699. The molecular formula is C13H12N4O2. The number of rotatable bonds is 3. The molecule has 0 aliphatic heterocycles. The molecule has 6 heteroatoms. The Labute approximate surface area is 108 Å². The van der Waals surface area contributed by atoms with Gasteiger partial charge in [-0.2, -0.15) is 0 Å². The zero-order chi connectivity index (χ0) is 13.4. The highest BCUT2D eigenvalue weighted by Gasteiger charge is 2.11. The van der Waals surface area contributed by atoms with Crippen LogP contribution in [0.2, 0.25) is 0 Å². The van der Waals surface area contributed by atoms with Gasteiger partial charge in [-0.3, -0.25) is 0 Å². The van der Waals surface area contributed by atoms with Gasteiger partial charge < -0.3 is 14.2 Å². The molecule has 0 fully saturated rings. The van der Waals surface area contributed by atoms with Gasteiger partial charge in [-0.25, -0.2) is 4.79 Å². The summed E-state index contributed by atoms with van der Waals surface area (Å²) in [4.78, 5) is 11.2. The Bertz CT molecular complexity index is 757. The van der Waals surface area contributed by atoms with Crippen LogP contribution >= 0.6 is 0 Å². The van der Waals surface area contributed by atoms with E-state index in [9.17, 15) is 4.79 Å². The minimum Gasteiger partial charge on any atom is -0.478 e. The van der Waals surface area contributed by atoms with E-state index in [1.807, 2.05) is 34.5 Å². The Kier molecular flexibility index (Phi) is 2.56. The van der Waals surface area contributed by atoms with Gasteiger partial charge >= 0.3 is 5.97 Å². The lowest BCUT2D eigenvalue weighted by Crippen LogP contribution is -2.05. The standard InChI is InChI=1S/C13H12N4O2/c1-16-8-14-15-12(16)7-17-6-5-9-10(13(18)19)3-2-4-11(9)17/h2-6,8H,7H2,1H3,(H,18,19). The highest BCUT2D eigenvalue weighted by Crippen LogP contribution is 2.21. The molecule has 96 valence electrons. The molecular weight excluding hydrogens is 244 g/mol. The number of fused-ring (bicyclic) bond motifs is 1. The maximum atomic E-state index is 11.2. The Morgan fingerprint density at radius 1 is 1.37 bits per heavy atom. The summed E-state index contributed by atoms with van der Waals surface area (Å²) in [6, 6.07) is 7.07. The lowest BCUT2D eigenvalue weighted by Gasteiger charge is -2.05. The molecule has 2 aromatic heterocycles. The van der Waals surface area contributed by atoms with E-state index in [0.717, 1.165) is 16.7 Å². The highest BCUT2D eigenvalue weighted by molar-refractivity contribution is 6.02. The van der Waals surface area contributed by atoms with E-state index in [1.165, 1.54) is 0 Å². The van der Waals surface area contributed by atoms with E-state index in [0.29, 0.717) is 12.1 Å². The van der Waals surface area contributed by atoms with E-state index >= 15 is 0 Å². The summed E-state index contributed by atoms with van der Waals surface area (Å²) < 4.78 is 3.80. The van der Waals surface area contributed by atoms with Crippen LogP contribution in [0, 0.1) is 0 Å². The fourth-order valence-corrected chi connectivity index (χ4v) is 2.15. The lowest BCUT2D eigenvalue weighted by atomic mass is 10.1. The van der Waals surface area contributed by atoms with Gasteiger partial charge in [0.2, 0.25) is 0 Å². The third kappa shape index (κ3) is 1.87. The quantitative estimate of drug-likeness (QED) is 0.771. The van der Waals surface area contributed by atoms with Crippen molar-refractivity contribution in [1.29, 1.82) is 0 Å². The molecule has 0 radical (unpaired) electrons. The van der Waals surface area contributed by atoms with Crippen LogP contribution in [-0.4, -0.2) is 30.4 Å². The molecule has 1 aromatic carbocycles. The van der Waals surface area contributed by atoms with E-state index in [4.69, 9.17) is 5.11 Å². The van der Waals surface area contributed by atoms with Crippen LogP contribution in [0.15, 0.2) is 36.8 Å². The summed E-state index contributed by atoms with van der Waals surface area (Å²) in [6.07, 6.45) is 3.51. The van der Waals surface area contributed by atoms with Crippen LogP contribution in [0.1, 0.15) is 16.2 Å². The molecule has 0 atom stereocenters. The normalized spacial score (nSPS) is 11.0. The van der Waals surface area contributed by atoms with Crippen LogP contribution in [0.25, 0.3) is 10.9 Å². The molecule has 19 heavy (non-hydrogen) atoms. The third-order valence-corrected chi connectivity index (χ3v) is 3.16. The predicted octanol–water partition coefficient (Wildman–Crippen LogP) is 1.52. The Hall–Kier alpha value is -2.63. The summed E-state index contributed by atoms with van der Waals surface area (Å²) in [7, 11) is 1.88. The molecule has 3 rings (SSSR count). The molecule has 0 saturated carbocycles. The molecule has 0 saturated heterocycles. The van der Waals surface area contributed by atoms with Gasteiger partial charge in [-0.1, -0.05) is 6.07 Å². The van der Waals surface area contributed by atoms with Gasteiger partial charge in [-0.05, 0) is 18.2 Å². The van der Waals surface area contributed by atoms with Gasteiger partial charge in [0, 0.05) is 24.1 Å². The second-order valence-corrected chi connectivity index (χ2v) is 4.35. The summed E-state index contributed by atoms with van der Waals surface area (Å²) >= 11 is 0. The second kappa shape index (κ2) is 4.24. The molecule has 0 bridgehead atoms. The van der Waals surface area contributed by atoms with Crippen molar-refractivity contribution in [2.75, 3.05) is 0 Å². The van der Waals surface area contributed by atoms with Crippen molar-refractivity contribution >= 4 is 16.9 Å². The third-order valence-electron chi connectivity index (χ3n) is 3.16. The van der Waals surface area contributed by atoms with Crippen molar-refractivity contribution in [1.82, 2.24) is 19.3 Å². The number of aromatic nitrogens is 4. The fraction of sp³-hybridized carbons (Fsp3) is 0.154. The number of benzene rings is 1. The number of hydrogen-bond acceptors (Lipinski definition) is 3. The van der Waals surface area contributed by atoms with E-state index in [2.05, 4.69) is 10.2 Å². The van der Waals surface area contributed by atoms with Crippen LogP contribution in [0.3, 0.4) is 0 Å². The maximum Gasteiger partial charge on any atom is 0.336 e. The molecule has 3 aromatic rings. The summed E-state index contributed by atoms with van der Waals surface area (Å²) in [5.74, 6) is -0.0970. The van der Waals surface area contributed by atoms with Crippen molar-refractivity contribution in [3.63, 3.8) is 0 Å². The van der Waals surface area contributed by atoms with Crippen molar-refractivity contribution in [3.05, 3.63) is 48.2 Å². The first kappa shape index (κ1) is 11.5. The van der Waals surface area contributed by atoms with Crippen molar-refractivity contribution < 1.29 is 9.90 Å². The van der Waals surface area contributed by atoms with Crippen LogP contribution in [-0.2, 0) is 13.6 Å². The topological polar surface area (TPSA) is 72.9 Å². The van der Waals surface area contributed by atoms with E-state index < -0.39 is 5.97 Å². The Morgan fingerprint density at radius 2 is 2.21 bits per heavy atom. The molecule has 0 aliphatic rings. The van der Waals surface area contributed by atoms with E-state index in [-0.39, 0.29) is 0 Å². The summed E-state index contributed by atoms with van der Waals surface area (Å²) in [6.45, 7) is 0.559. The predicted molar refractivity (Wildman–Crippen MR) is 69.0 cm³/mol. The molecule has 0 spiro atoms. The number of nitrogens with zero attached hydrogens (tertiary/aromatic N) is 4. The minimum absolute atomic E-state index is 0.314. The largest absolute Gasteiger partial charge is 0.478 e. The Morgan fingerprint density at radius 3 is 2.89 bits per heavy atom. The minimum atomic E-state index is -0.915. The number of hydrogen-bond donors (Lipinski definition) is 1. The van der Waals surface area contributed by atoms with Gasteiger partial charge in [0.1, 0.15) is 6.33 Å². The fourth-order valence-electron chi connectivity index (χ4n) is 2.15. The van der Waals surface area contributed by atoms with Crippen molar-refractivity contribution in [3.8, 4) is 0 Å². The zero-order valence-electron chi connectivity index (χ0n) is 10.3. The SMILES string of the molecule is Cn1cnnc1Cn1ccc2c(C(=O)O)cccc21. The number of aromatic carboxylic acids is 1.